The second-order valence-electron chi connectivity index (χ2n) is 21.1. The van der Waals surface area contributed by atoms with Crippen LogP contribution in [0.4, 0.5) is 38.0 Å². The number of piperidine rings is 2. The van der Waals surface area contributed by atoms with E-state index in [-0.39, 0.29) is 22.3 Å². The Morgan fingerprint density at radius 2 is 0.963 bits per heavy atom. The molecule has 10 rings (SSSR count). The number of nitrogens with zero attached hydrogens (tertiary/aromatic N) is 12. The number of rotatable bonds is 16. The van der Waals surface area contributed by atoms with Gasteiger partial charge in [0.15, 0.2) is 22.7 Å². The van der Waals surface area contributed by atoms with Crippen LogP contribution in [-0.2, 0) is 32.4 Å². The summed E-state index contributed by atoms with van der Waals surface area (Å²) >= 11 is 24.7. The summed E-state index contributed by atoms with van der Waals surface area (Å²) < 4.78 is 136. The molecule has 0 spiro atoms. The molecule has 6 aromatic rings. The Bertz CT molecular complexity index is 3210. The predicted octanol–water partition coefficient (Wildman–Crippen LogP) is 8.92. The van der Waals surface area contributed by atoms with Crippen molar-refractivity contribution in [1.29, 1.82) is 0 Å². The maximum atomic E-state index is 13.9. The number of hydrogen-bond donors (Lipinski definition) is 2. The molecule has 18 nitrogen and oxygen atoms in total. The van der Waals surface area contributed by atoms with Gasteiger partial charge in [0.25, 0.3) is 0 Å². The lowest BCUT2D eigenvalue weighted by Crippen LogP contribution is -2.54. The maximum absolute atomic E-state index is 13.9. The molecule has 80 heavy (non-hydrogen) atoms. The zero-order valence-corrected chi connectivity index (χ0v) is 48.6. The van der Waals surface area contributed by atoms with Crippen LogP contribution in [0.25, 0.3) is 22.3 Å². The minimum Gasteiger partial charge on any atom is -0.355 e. The van der Waals surface area contributed by atoms with E-state index in [2.05, 4.69) is 49.4 Å². The second kappa shape index (κ2) is 24.1. The second-order valence-corrected chi connectivity index (χ2v) is 26.5. The Labute approximate surface area is 479 Å². The van der Waals surface area contributed by atoms with Crippen molar-refractivity contribution in [2.24, 2.45) is 23.7 Å². The first-order valence-electron chi connectivity index (χ1n) is 26.0. The molecule has 436 valence electrons. The normalized spacial score (nSPS) is 20.2. The smallest absolute Gasteiger partial charge is 0.355 e. The van der Waals surface area contributed by atoms with Gasteiger partial charge in [0.1, 0.15) is 22.7 Å². The highest BCUT2D eigenvalue weighted by molar-refractivity contribution is 7.89. The highest BCUT2D eigenvalue weighted by atomic mass is 35.5. The molecular weight excluding hydrogens is 1180 g/mol. The highest BCUT2D eigenvalue weighted by Crippen LogP contribution is 2.41. The van der Waals surface area contributed by atoms with Crippen LogP contribution in [0.5, 0.6) is 0 Å². The molecule has 0 unspecified atom stereocenters. The number of likely N-dealkylation sites (tertiary alicyclic amines) is 2. The van der Waals surface area contributed by atoms with Crippen molar-refractivity contribution in [1.82, 2.24) is 58.7 Å². The third kappa shape index (κ3) is 14.2. The Kier molecular flexibility index (Phi) is 18.1. The van der Waals surface area contributed by atoms with Crippen LogP contribution >= 0.6 is 46.4 Å². The van der Waals surface area contributed by atoms with Crippen LogP contribution in [-0.4, -0.2) is 157 Å². The molecule has 4 saturated heterocycles. The van der Waals surface area contributed by atoms with Crippen molar-refractivity contribution < 1.29 is 43.2 Å². The van der Waals surface area contributed by atoms with Crippen LogP contribution in [0.3, 0.4) is 0 Å². The van der Waals surface area contributed by atoms with Gasteiger partial charge >= 0.3 is 12.4 Å². The lowest BCUT2D eigenvalue weighted by molar-refractivity contribution is -0.141. The molecule has 4 aliphatic rings. The van der Waals surface area contributed by atoms with Gasteiger partial charge in [-0.05, 0) is 112 Å². The standard InChI is InChI=1S/2C25H30Cl2F3N7O2S/c2*1-15(19-6-5-18(26)10-20(19)27)37-24-22(23(34-37)25(28,29)30)31-11-21(33-24)36-13-17(14-36)16-4-3-8-35(12-16)9-7-32-40(2,38)39/h2*5-6,10-11,15-17,32H,3-4,7-9,12-14H2,1-2H3/t15-,16+;15-,16-/m11/s1. The third-order valence-corrected chi connectivity index (χ3v) is 17.9. The Morgan fingerprint density at radius 3 is 1.30 bits per heavy atom. The summed E-state index contributed by atoms with van der Waals surface area (Å²) in [4.78, 5) is 26.1. The summed E-state index contributed by atoms with van der Waals surface area (Å²) in [7, 11) is -6.43. The number of benzene rings is 2. The average Bonchev–Trinajstić information content (AvgIpc) is 3.99. The van der Waals surface area contributed by atoms with Gasteiger partial charge < -0.3 is 19.6 Å². The van der Waals surface area contributed by atoms with Gasteiger partial charge in [0.2, 0.25) is 20.0 Å². The summed E-state index contributed by atoms with van der Waals surface area (Å²) in [6.07, 6.45) is -0.0937. The van der Waals surface area contributed by atoms with E-state index in [4.69, 9.17) is 46.4 Å². The van der Waals surface area contributed by atoms with Crippen LogP contribution < -0.4 is 19.2 Å². The molecule has 4 aliphatic heterocycles. The summed E-state index contributed by atoms with van der Waals surface area (Å²) in [6, 6.07) is 8.36. The van der Waals surface area contributed by atoms with Crippen molar-refractivity contribution in [3.63, 3.8) is 0 Å². The van der Waals surface area contributed by atoms with Crippen molar-refractivity contribution >= 4 is 100 Å². The Morgan fingerprint density at radius 1 is 0.588 bits per heavy atom. The number of hydrogen-bond acceptors (Lipinski definition) is 14. The molecule has 2 N–H and O–H groups in total. The minimum absolute atomic E-state index is 0.0361. The maximum Gasteiger partial charge on any atom is 0.437 e. The summed E-state index contributed by atoms with van der Waals surface area (Å²) in [5, 5.41) is 9.26. The molecule has 0 aliphatic carbocycles. The molecule has 4 fully saturated rings. The quantitative estimate of drug-likeness (QED) is 0.0873. The van der Waals surface area contributed by atoms with Crippen LogP contribution in [0.1, 0.15) is 74.1 Å². The SMILES string of the molecule is C[C@H](c1ccc(Cl)cc1Cl)n1nc(C(F)(F)F)c2ncc(N3CC([C@@H]4CCCN(CCNS(C)(=O)=O)C4)C3)nc21.C[C@H](c1ccc(Cl)cc1Cl)n1nc(C(F)(F)F)c2ncc(N3CC([C@H]4CCCN(CCNS(C)(=O)=O)C4)C3)nc21. The van der Waals surface area contributed by atoms with E-state index in [9.17, 15) is 43.2 Å². The van der Waals surface area contributed by atoms with Crippen LogP contribution in [0, 0.1) is 23.7 Å². The lowest BCUT2D eigenvalue weighted by Gasteiger charge is -2.47. The minimum atomic E-state index is -4.70. The molecule has 0 bridgehead atoms. The average molecular weight is 1240 g/mol. The summed E-state index contributed by atoms with van der Waals surface area (Å²) in [6.45, 7) is 12.0. The molecular formula is C50H60Cl4F6N14O4S2. The van der Waals surface area contributed by atoms with Crippen molar-refractivity contribution in [3.05, 3.63) is 91.4 Å². The number of aromatic nitrogens is 8. The fraction of sp³-hybridized carbons (Fsp3) is 0.560. The number of alkyl halides is 6. The molecule has 0 saturated carbocycles. The fourth-order valence-corrected chi connectivity index (χ4v) is 13.2. The number of fused-ring (bicyclic) bond motifs is 2. The number of halogens is 10. The van der Waals surface area contributed by atoms with Gasteiger partial charge in [-0.1, -0.05) is 58.5 Å². The summed E-state index contributed by atoms with van der Waals surface area (Å²) in [5.41, 5.74) is -1.60. The van der Waals surface area contributed by atoms with Gasteiger partial charge in [0, 0.05) is 85.5 Å². The van der Waals surface area contributed by atoms with E-state index in [1.54, 1.807) is 38.1 Å². The summed E-state index contributed by atoms with van der Waals surface area (Å²) in [5.74, 6) is 2.72. The number of nitrogens with one attached hydrogen (secondary N) is 2. The molecule has 2 aromatic carbocycles. The van der Waals surface area contributed by atoms with Gasteiger partial charge in [-0.2, -0.15) is 36.5 Å². The van der Waals surface area contributed by atoms with Crippen LogP contribution in [0.2, 0.25) is 20.1 Å². The van der Waals surface area contributed by atoms with E-state index in [1.165, 1.54) is 33.9 Å². The topological polar surface area (TPSA) is 192 Å². The fourth-order valence-electron chi connectivity index (χ4n) is 11.1. The number of anilines is 2. The van der Waals surface area contributed by atoms with Gasteiger partial charge in [-0.25, -0.2) is 55.6 Å². The van der Waals surface area contributed by atoms with Gasteiger partial charge in [0.05, 0.1) is 37.0 Å². The van der Waals surface area contributed by atoms with E-state index >= 15 is 0 Å². The van der Waals surface area contributed by atoms with Crippen molar-refractivity contribution in [2.75, 3.05) is 101 Å². The largest absolute Gasteiger partial charge is 0.437 e. The monoisotopic (exact) mass is 1240 g/mol. The predicted molar refractivity (Wildman–Crippen MR) is 297 cm³/mol. The molecule has 4 aromatic heterocycles. The first-order valence-corrected chi connectivity index (χ1v) is 31.3. The zero-order valence-electron chi connectivity index (χ0n) is 44.0. The van der Waals surface area contributed by atoms with E-state index < -0.39 is 55.9 Å². The molecule has 4 atom stereocenters. The first-order chi connectivity index (χ1) is 37.6. The van der Waals surface area contributed by atoms with Crippen molar-refractivity contribution in [2.45, 2.75) is 64.0 Å². The van der Waals surface area contributed by atoms with Gasteiger partial charge in [-0.3, -0.25) is 0 Å². The first kappa shape index (κ1) is 60.2. The zero-order chi connectivity index (χ0) is 57.6. The molecule has 0 radical (unpaired) electrons. The molecule has 0 amide bonds. The molecule has 8 heterocycles. The van der Waals surface area contributed by atoms with Crippen molar-refractivity contribution in [3.8, 4) is 0 Å². The lowest BCUT2D eigenvalue weighted by atomic mass is 9.80. The highest BCUT2D eigenvalue weighted by Gasteiger charge is 2.43. The van der Waals surface area contributed by atoms with E-state index in [0.29, 0.717) is 92.7 Å². The number of sulfonamides is 2. The van der Waals surface area contributed by atoms with E-state index in [1.807, 2.05) is 9.80 Å². The van der Waals surface area contributed by atoms with E-state index in [0.717, 1.165) is 90.6 Å². The Balaban J connectivity index is 0.000000194. The van der Waals surface area contributed by atoms with Gasteiger partial charge in [-0.15, -0.1) is 0 Å². The third-order valence-electron chi connectivity index (χ3n) is 15.3. The Hall–Kier alpha value is -4.38. The van der Waals surface area contributed by atoms with Crippen LogP contribution in [0.15, 0.2) is 48.8 Å². The molecule has 30 heteroatoms.